The van der Waals surface area contributed by atoms with E-state index in [1.807, 2.05) is 19.1 Å². The lowest BCUT2D eigenvalue weighted by Crippen LogP contribution is -2.13. The van der Waals surface area contributed by atoms with Gasteiger partial charge in [0, 0.05) is 16.8 Å². The molecule has 0 aliphatic carbocycles. The Balaban J connectivity index is 1.76. The molecule has 0 aliphatic rings. The molecule has 0 atom stereocenters. The van der Waals surface area contributed by atoms with Crippen LogP contribution in [0, 0.1) is 13.8 Å². The van der Waals surface area contributed by atoms with Crippen LogP contribution in [0.5, 0.6) is 0 Å². The topological polar surface area (TPSA) is 80.9 Å². The molecule has 3 aromatic rings. The first-order valence-corrected chi connectivity index (χ1v) is 6.77. The van der Waals surface area contributed by atoms with E-state index in [-0.39, 0.29) is 5.91 Å². The van der Waals surface area contributed by atoms with Crippen LogP contribution in [0.1, 0.15) is 21.9 Å². The van der Waals surface area contributed by atoms with Crippen molar-refractivity contribution in [3.8, 4) is 11.5 Å². The van der Waals surface area contributed by atoms with E-state index in [1.165, 1.54) is 0 Å². The highest BCUT2D eigenvalue weighted by atomic mass is 16.5. The van der Waals surface area contributed by atoms with E-state index < -0.39 is 0 Å². The number of hydrogen-bond donors (Lipinski definition) is 1. The third-order valence-electron chi connectivity index (χ3n) is 3.05. The molecule has 6 heteroatoms. The van der Waals surface area contributed by atoms with Gasteiger partial charge in [-0.25, -0.2) is 4.98 Å². The van der Waals surface area contributed by atoms with Crippen LogP contribution in [0.3, 0.4) is 0 Å². The van der Waals surface area contributed by atoms with Crippen LogP contribution in [-0.4, -0.2) is 21.0 Å². The summed E-state index contributed by atoms with van der Waals surface area (Å²) in [6, 6.07) is 12.4. The number of carbonyl (C=O) groups is 1. The van der Waals surface area contributed by atoms with Crippen molar-refractivity contribution < 1.29 is 9.32 Å². The Labute approximate surface area is 127 Å². The van der Waals surface area contributed by atoms with E-state index in [2.05, 4.69) is 20.4 Å². The van der Waals surface area contributed by atoms with Crippen molar-refractivity contribution in [1.29, 1.82) is 0 Å². The number of anilines is 1. The number of aryl methyl sites for hydroxylation is 2. The highest BCUT2D eigenvalue weighted by Crippen LogP contribution is 2.18. The Bertz CT molecular complexity index is 809. The van der Waals surface area contributed by atoms with Gasteiger partial charge in [-0.3, -0.25) is 4.79 Å². The molecule has 0 aliphatic heterocycles. The number of hydrogen-bond acceptors (Lipinski definition) is 5. The van der Waals surface area contributed by atoms with Gasteiger partial charge in [0.1, 0.15) is 5.82 Å². The Morgan fingerprint density at radius 2 is 1.82 bits per heavy atom. The molecule has 0 unspecified atom stereocenters. The first-order chi connectivity index (χ1) is 10.6. The molecule has 1 amide bonds. The Morgan fingerprint density at radius 3 is 2.45 bits per heavy atom. The van der Waals surface area contributed by atoms with Gasteiger partial charge in [0.15, 0.2) is 5.82 Å². The summed E-state index contributed by atoms with van der Waals surface area (Å²) in [6.07, 6.45) is 0. The molecule has 0 bridgehead atoms. The fraction of sp³-hybridized carbons (Fsp3) is 0.125. The standard InChI is InChI=1S/C16H14N4O2/c1-10-4-3-5-14(17-10)19-15(21)12-6-8-13(9-7-12)16-18-11(2)20-22-16/h3-9H,1-2H3,(H,17,19,21). The highest BCUT2D eigenvalue weighted by molar-refractivity contribution is 6.03. The van der Waals surface area contributed by atoms with Crippen LogP contribution in [0.2, 0.25) is 0 Å². The predicted molar refractivity (Wildman–Crippen MR) is 81.4 cm³/mol. The van der Waals surface area contributed by atoms with E-state index in [0.29, 0.717) is 23.1 Å². The van der Waals surface area contributed by atoms with Crippen molar-refractivity contribution in [3.05, 3.63) is 59.5 Å². The SMILES string of the molecule is Cc1cccc(NC(=O)c2ccc(-c3nc(C)no3)cc2)n1. The molecule has 6 nitrogen and oxygen atoms in total. The number of aromatic nitrogens is 3. The minimum absolute atomic E-state index is 0.216. The monoisotopic (exact) mass is 294 g/mol. The maximum absolute atomic E-state index is 12.2. The van der Waals surface area contributed by atoms with Gasteiger partial charge < -0.3 is 9.84 Å². The molecule has 1 aromatic carbocycles. The number of nitrogens with zero attached hydrogens (tertiary/aromatic N) is 3. The maximum Gasteiger partial charge on any atom is 0.257 e. The highest BCUT2D eigenvalue weighted by Gasteiger charge is 2.10. The van der Waals surface area contributed by atoms with Gasteiger partial charge in [0.05, 0.1) is 0 Å². The molecule has 110 valence electrons. The molecular formula is C16H14N4O2. The van der Waals surface area contributed by atoms with E-state index in [9.17, 15) is 4.79 Å². The van der Waals surface area contributed by atoms with Gasteiger partial charge in [-0.2, -0.15) is 4.98 Å². The van der Waals surface area contributed by atoms with Crippen molar-refractivity contribution in [2.75, 3.05) is 5.32 Å². The van der Waals surface area contributed by atoms with Gasteiger partial charge in [0.2, 0.25) is 0 Å². The second-order valence-corrected chi connectivity index (χ2v) is 4.84. The maximum atomic E-state index is 12.2. The molecule has 0 saturated carbocycles. The van der Waals surface area contributed by atoms with Crippen LogP contribution >= 0.6 is 0 Å². The summed E-state index contributed by atoms with van der Waals surface area (Å²) >= 11 is 0. The number of rotatable bonds is 3. The lowest BCUT2D eigenvalue weighted by atomic mass is 10.1. The lowest BCUT2D eigenvalue weighted by molar-refractivity contribution is 0.102. The number of carbonyl (C=O) groups excluding carboxylic acids is 1. The minimum Gasteiger partial charge on any atom is -0.334 e. The summed E-state index contributed by atoms with van der Waals surface area (Å²) in [7, 11) is 0. The Kier molecular flexibility index (Phi) is 3.65. The van der Waals surface area contributed by atoms with Crippen LogP contribution in [-0.2, 0) is 0 Å². The van der Waals surface area contributed by atoms with Crippen LogP contribution < -0.4 is 5.32 Å². The third-order valence-corrected chi connectivity index (χ3v) is 3.05. The molecule has 22 heavy (non-hydrogen) atoms. The fourth-order valence-electron chi connectivity index (χ4n) is 1.98. The predicted octanol–water partition coefficient (Wildman–Crippen LogP) is 3.00. The van der Waals surface area contributed by atoms with E-state index in [0.717, 1.165) is 11.3 Å². The first kappa shape index (κ1) is 13.9. The van der Waals surface area contributed by atoms with Gasteiger partial charge in [-0.15, -0.1) is 0 Å². The Hall–Kier alpha value is -3.02. The van der Waals surface area contributed by atoms with Crippen molar-refractivity contribution in [1.82, 2.24) is 15.1 Å². The van der Waals surface area contributed by atoms with Crippen molar-refractivity contribution in [3.63, 3.8) is 0 Å². The number of nitrogens with one attached hydrogen (secondary N) is 1. The summed E-state index contributed by atoms with van der Waals surface area (Å²) < 4.78 is 5.09. The van der Waals surface area contributed by atoms with E-state index in [4.69, 9.17) is 4.52 Å². The van der Waals surface area contributed by atoms with Gasteiger partial charge >= 0.3 is 0 Å². The zero-order valence-electron chi connectivity index (χ0n) is 12.2. The molecule has 0 fully saturated rings. The minimum atomic E-state index is -0.216. The van der Waals surface area contributed by atoms with Crippen LogP contribution in [0.25, 0.3) is 11.5 Å². The van der Waals surface area contributed by atoms with Crippen molar-refractivity contribution in [2.45, 2.75) is 13.8 Å². The quantitative estimate of drug-likeness (QED) is 0.803. The number of amides is 1. The van der Waals surface area contributed by atoms with Gasteiger partial charge in [-0.1, -0.05) is 11.2 Å². The summed E-state index contributed by atoms with van der Waals surface area (Å²) in [5.41, 5.74) is 2.15. The van der Waals surface area contributed by atoms with Crippen molar-refractivity contribution in [2.24, 2.45) is 0 Å². The van der Waals surface area contributed by atoms with E-state index >= 15 is 0 Å². The average Bonchev–Trinajstić information content (AvgIpc) is 2.94. The summed E-state index contributed by atoms with van der Waals surface area (Å²) in [6.45, 7) is 3.63. The normalized spacial score (nSPS) is 10.5. The zero-order valence-corrected chi connectivity index (χ0v) is 12.2. The summed E-state index contributed by atoms with van der Waals surface area (Å²) in [5, 5.41) is 6.50. The summed E-state index contributed by atoms with van der Waals surface area (Å²) in [4.78, 5) is 20.6. The zero-order chi connectivity index (χ0) is 15.5. The molecule has 3 rings (SSSR count). The lowest BCUT2D eigenvalue weighted by Gasteiger charge is -2.05. The molecule has 0 radical (unpaired) electrons. The molecule has 0 saturated heterocycles. The van der Waals surface area contributed by atoms with Crippen LogP contribution in [0.4, 0.5) is 5.82 Å². The summed E-state index contributed by atoms with van der Waals surface area (Å²) in [5.74, 6) is 1.32. The molecule has 1 N–H and O–H groups in total. The third kappa shape index (κ3) is 3.01. The largest absolute Gasteiger partial charge is 0.334 e. The Morgan fingerprint density at radius 1 is 1.05 bits per heavy atom. The molecular weight excluding hydrogens is 280 g/mol. The van der Waals surface area contributed by atoms with Crippen molar-refractivity contribution >= 4 is 11.7 Å². The number of pyridine rings is 1. The van der Waals surface area contributed by atoms with Gasteiger partial charge in [0.25, 0.3) is 11.8 Å². The fourth-order valence-corrected chi connectivity index (χ4v) is 1.98. The van der Waals surface area contributed by atoms with Gasteiger partial charge in [-0.05, 0) is 50.2 Å². The first-order valence-electron chi connectivity index (χ1n) is 6.77. The molecule has 0 spiro atoms. The van der Waals surface area contributed by atoms with E-state index in [1.54, 1.807) is 37.3 Å². The molecule has 2 heterocycles. The average molecular weight is 294 g/mol. The second kappa shape index (κ2) is 5.77. The van der Waals surface area contributed by atoms with Crippen LogP contribution in [0.15, 0.2) is 47.0 Å². The second-order valence-electron chi connectivity index (χ2n) is 4.84. The number of benzene rings is 1. The smallest absolute Gasteiger partial charge is 0.257 e. The molecule has 2 aromatic heterocycles.